The summed E-state index contributed by atoms with van der Waals surface area (Å²) in [6.45, 7) is 0.913. The van der Waals surface area contributed by atoms with Crippen LogP contribution in [0.1, 0.15) is 44.1 Å². The molecule has 1 aromatic rings. The highest BCUT2D eigenvalue weighted by atomic mass is 32.2. The number of hydrogen-bond donors (Lipinski definition) is 1. The molecule has 0 aromatic heterocycles. The van der Waals surface area contributed by atoms with Crippen molar-refractivity contribution in [1.82, 2.24) is 9.62 Å². The number of sulfonamides is 1. The van der Waals surface area contributed by atoms with Gasteiger partial charge in [0.05, 0.1) is 25.0 Å². The first kappa shape index (κ1) is 20.3. The van der Waals surface area contributed by atoms with Crippen LogP contribution in [0.4, 0.5) is 0 Å². The molecule has 2 bridgehead atoms. The van der Waals surface area contributed by atoms with Gasteiger partial charge >= 0.3 is 0 Å². The first-order valence-corrected chi connectivity index (χ1v) is 12.9. The molecule has 4 unspecified atom stereocenters. The van der Waals surface area contributed by atoms with Gasteiger partial charge in [-0.05, 0) is 50.5 Å². The van der Waals surface area contributed by atoms with E-state index in [1.54, 1.807) is 4.90 Å². The maximum absolute atomic E-state index is 13.1. The summed E-state index contributed by atoms with van der Waals surface area (Å²) < 4.78 is 38.9. The molecule has 1 amide bonds. The fourth-order valence-electron chi connectivity index (χ4n) is 5.91. The number of piperidine rings is 1. The Morgan fingerprint density at radius 2 is 2.07 bits per heavy atom. The van der Waals surface area contributed by atoms with E-state index in [2.05, 4.69) is 16.9 Å². The Morgan fingerprint density at radius 3 is 2.87 bits per heavy atom. The average Bonchev–Trinajstić information content (AvgIpc) is 3.44. The number of carbonyl (C=O) groups excluding carboxylic acids is 1. The predicted octanol–water partition coefficient (Wildman–Crippen LogP) is 1.81. The molecule has 3 aliphatic heterocycles. The van der Waals surface area contributed by atoms with E-state index in [1.807, 2.05) is 12.1 Å². The molecule has 2 saturated carbocycles. The van der Waals surface area contributed by atoms with Gasteiger partial charge in [-0.1, -0.05) is 18.2 Å². The van der Waals surface area contributed by atoms with Gasteiger partial charge in [0.15, 0.2) is 6.61 Å². The SMILES string of the molecule is CS(=O)(=O)NC1CCCN2C(=O)COc3ccccc3C34CC[C@H](CC3C4)OCC12. The fourth-order valence-corrected chi connectivity index (χ4v) is 6.74. The molecule has 3 fully saturated rings. The zero-order valence-electron chi connectivity index (χ0n) is 17.4. The van der Waals surface area contributed by atoms with Crippen molar-refractivity contribution < 1.29 is 22.7 Å². The van der Waals surface area contributed by atoms with Crippen molar-refractivity contribution >= 4 is 15.9 Å². The third-order valence-electron chi connectivity index (χ3n) is 7.43. The standard InChI is InChI=1S/C22H30N2O5S/c1-30(26,27)23-18-6-4-10-24-19(18)13-28-16-8-9-22(12-15(22)11-16)17-5-2-3-7-20(17)29-14-21(24)25/h2-3,5,7,15-16,18-19,23H,4,6,8-14H2,1H3/t15?,16-,18?,19?,22?/m1/s1. The first-order valence-electron chi connectivity index (χ1n) is 11.0. The van der Waals surface area contributed by atoms with E-state index in [1.165, 1.54) is 11.8 Å². The van der Waals surface area contributed by atoms with Crippen LogP contribution in [0.2, 0.25) is 0 Å². The number of fused-ring (bicyclic) bond motifs is 4. The predicted molar refractivity (Wildman–Crippen MR) is 112 cm³/mol. The third kappa shape index (κ3) is 3.74. The van der Waals surface area contributed by atoms with Gasteiger partial charge in [0, 0.05) is 23.6 Å². The second-order valence-corrected chi connectivity index (χ2v) is 11.1. The highest BCUT2D eigenvalue weighted by Crippen LogP contribution is 2.64. The molecule has 7 nitrogen and oxygen atoms in total. The van der Waals surface area contributed by atoms with Gasteiger partial charge in [-0.2, -0.15) is 0 Å². The van der Waals surface area contributed by atoms with E-state index in [4.69, 9.17) is 9.47 Å². The molecule has 8 heteroatoms. The van der Waals surface area contributed by atoms with Crippen LogP contribution < -0.4 is 9.46 Å². The second kappa shape index (κ2) is 7.50. The number of nitrogens with zero attached hydrogens (tertiary/aromatic N) is 1. The van der Waals surface area contributed by atoms with Crippen molar-refractivity contribution in [3.63, 3.8) is 0 Å². The van der Waals surface area contributed by atoms with Crippen LogP contribution in [-0.2, 0) is 25.0 Å². The van der Waals surface area contributed by atoms with E-state index in [0.717, 1.165) is 37.9 Å². The Labute approximate surface area is 178 Å². The lowest BCUT2D eigenvalue weighted by atomic mass is 9.81. The summed E-state index contributed by atoms with van der Waals surface area (Å²) in [4.78, 5) is 14.9. The van der Waals surface area contributed by atoms with Crippen LogP contribution in [-0.4, -0.2) is 63.4 Å². The smallest absolute Gasteiger partial charge is 0.260 e. The number of amides is 1. The number of ether oxygens (including phenoxy) is 2. The van der Waals surface area contributed by atoms with Crippen LogP contribution >= 0.6 is 0 Å². The lowest BCUT2D eigenvalue weighted by molar-refractivity contribution is -0.140. The second-order valence-electron chi connectivity index (χ2n) is 9.36. The van der Waals surface area contributed by atoms with E-state index >= 15 is 0 Å². The van der Waals surface area contributed by atoms with Crippen molar-refractivity contribution in [2.75, 3.05) is 26.0 Å². The molecular formula is C22H30N2O5S. The molecular weight excluding hydrogens is 404 g/mol. The van der Waals surface area contributed by atoms with Crippen molar-refractivity contribution in [1.29, 1.82) is 0 Å². The first-order chi connectivity index (χ1) is 14.4. The quantitative estimate of drug-likeness (QED) is 0.768. The van der Waals surface area contributed by atoms with Crippen molar-refractivity contribution in [3.05, 3.63) is 29.8 Å². The van der Waals surface area contributed by atoms with Crippen LogP contribution in [0, 0.1) is 5.92 Å². The molecule has 5 atom stereocenters. The van der Waals surface area contributed by atoms with Crippen molar-refractivity contribution in [2.24, 2.45) is 5.92 Å². The third-order valence-corrected chi connectivity index (χ3v) is 8.16. The van der Waals surface area contributed by atoms with E-state index < -0.39 is 10.0 Å². The largest absolute Gasteiger partial charge is 0.483 e. The monoisotopic (exact) mass is 434 g/mol. The summed E-state index contributed by atoms with van der Waals surface area (Å²) in [5.74, 6) is 1.28. The number of hydrogen-bond acceptors (Lipinski definition) is 5. The zero-order valence-corrected chi connectivity index (χ0v) is 18.2. The molecule has 5 aliphatic rings. The summed E-state index contributed by atoms with van der Waals surface area (Å²) in [6, 6.07) is 7.48. The number of benzene rings is 1. The molecule has 164 valence electrons. The lowest BCUT2D eigenvalue weighted by Crippen LogP contribution is -2.59. The summed E-state index contributed by atoms with van der Waals surface area (Å²) in [5, 5.41) is 0. The summed E-state index contributed by atoms with van der Waals surface area (Å²) in [5.41, 5.74) is 1.40. The molecule has 3 heterocycles. The Morgan fingerprint density at radius 1 is 1.23 bits per heavy atom. The molecule has 2 aliphatic carbocycles. The average molecular weight is 435 g/mol. The molecule has 1 aromatic carbocycles. The van der Waals surface area contributed by atoms with E-state index in [0.29, 0.717) is 25.5 Å². The summed E-state index contributed by atoms with van der Waals surface area (Å²) >= 11 is 0. The Bertz CT molecular complexity index is 935. The minimum atomic E-state index is -3.38. The van der Waals surface area contributed by atoms with Crippen LogP contribution in [0.15, 0.2) is 24.3 Å². The zero-order chi connectivity index (χ0) is 20.9. The van der Waals surface area contributed by atoms with Gasteiger partial charge in [-0.15, -0.1) is 0 Å². The normalized spacial score (nSPS) is 36.3. The van der Waals surface area contributed by atoms with Crippen LogP contribution in [0.3, 0.4) is 0 Å². The molecule has 30 heavy (non-hydrogen) atoms. The van der Waals surface area contributed by atoms with Crippen molar-refractivity contribution in [3.8, 4) is 5.75 Å². The van der Waals surface area contributed by atoms with Gasteiger partial charge in [-0.3, -0.25) is 4.79 Å². The minimum Gasteiger partial charge on any atom is -0.483 e. The molecule has 1 saturated heterocycles. The van der Waals surface area contributed by atoms with Gasteiger partial charge in [0.2, 0.25) is 10.0 Å². The van der Waals surface area contributed by atoms with E-state index in [-0.39, 0.29) is 36.1 Å². The van der Waals surface area contributed by atoms with Gasteiger partial charge in [0.25, 0.3) is 5.91 Å². The number of rotatable bonds is 2. The maximum atomic E-state index is 13.1. The van der Waals surface area contributed by atoms with Crippen LogP contribution in [0.5, 0.6) is 5.75 Å². The summed E-state index contributed by atoms with van der Waals surface area (Å²) in [7, 11) is -3.38. The van der Waals surface area contributed by atoms with Gasteiger partial charge in [-0.25, -0.2) is 13.1 Å². The minimum absolute atomic E-state index is 0.0384. The summed E-state index contributed by atoms with van der Waals surface area (Å²) in [6.07, 6.45) is 6.99. The highest BCUT2D eigenvalue weighted by Gasteiger charge is 2.59. The molecule has 1 spiro atoms. The molecule has 6 rings (SSSR count). The Hall–Kier alpha value is -1.64. The van der Waals surface area contributed by atoms with Crippen LogP contribution in [0.25, 0.3) is 0 Å². The Kier molecular flexibility index (Phi) is 5.07. The molecule has 0 radical (unpaired) electrons. The maximum Gasteiger partial charge on any atom is 0.260 e. The molecule has 1 N–H and O–H groups in total. The van der Waals surface area contributed by atoms with E-state index in [9.17, 15) is 13.2 Å². The topological polar surface area (TPSA) is 84.9 Å². The number of carbonyl (C=O) groups is 1. The number of para-hydroxylation sites is 1. The van der Waals surface area contributed by atoms with Gasteiger partial charge < -0.3 is 14.4 Å². The highest BCUT2D eigenvalue weighted by molar-refractivity contribution is 7.88. The lowest BCUT2D eigenvalue weighted by Gasteiger charge is -2.41. The van der Waals surface area contributed by atoms with Crippen molar-refractivity contribution in [2.45, 2.75) is 62.1 Å². The van der Waals surface area contributed by atoms with Gasteiger partial charge in [0.1, 0.15) is 5.75 Å². The number of nitrogens with one attached hydrogen (secondary N) is 1. The fraction of sp³-hybridized carbons (Fsp3) is 0.682. The Balaban J connectivity index is 1.45.